The van der Waals surface area contributed by atoms with Gasteiger partial charge < -0.3 is 0 Å². The number of amides is 3. The fourth-order valence-corrected chi connectivity index (χ4v) is 2.87. The fourth-order valence-electron chi connectivity index (χ4n) is 1.75. The van der Waals surface area contributed by atoms with E-state index >= 15 is 0 Å². The molecule has 10 nitrogen and oxygen atoms in total. The Morgan fingerprint density at radius 1 is 1.21 bits per heavy atom. The van der Waals surface area contributed by atoms with E-state index in [9.17, 15) is 19.2 Å². The van der Waals surface area contributed by atoms with Gasteiger partial charge in [-0.2, -0.15) is 0 Å². The first kappa shape index (κ1) is 20.8. The molecular formula is C13H21N4O6Pb. The minimum absolute atomic E-state index is 0.133. The van der Waals surface area contributed by atoms with Crippen molar-refractivity contribution in [3.8, 4) is 0 Å². The van der Waals surface area contributed by atoms with Crippen LogP contribution in [0, 0.1) is 0 Å². The van der Waals surface area contributed by atoms with E-state index in [1.165, 1.54) is 0 Å². The zero-order valence-electron chi connectivity index (χ0n) is 13.1. The molecular weight excluding hydrogens is 515 g/mol. The predicted octanol–water partition coefficient (Wildman–Crippen LogP) is -2.77. The maximum absolute atomic E-state index is 11.9. The first-order chi connectivity index (χ1) is 11.3. The van der Waals surface area contributed by atoms with Crippen LogP contribution in [0.5, 0.6) is 0 Å². The number of carboxylic acid groups (broad SMARTS) is 1. The van der Waals surface area contributed by atoms with E-state index in [-0.39, 0.29) is 32.1 Å². The number of rotatable bonds is 11. The molecule has 1 aliphatic rings. The molecule has 133 valence electrons. The second kappa shape index (κ2) is 9.88. The molecule has 6 N–H and O–H groups in total. The van der Waals surface area contributed by atoms with Gasteiger partial charge in [0.1, 0.15) is 0 Å². The van der Waals surface area contributed by atoms with Gasteiger partial charge in [0, 0.05) is 0 Å². The van der Waals surface area contributed by atoms with E-state index in [1.807, 2.05) is 0 Å². The van der Waals surface area contributed by atoms with Gasteiger partial charge in [-0.25, -0.2) is 0 Å². The van der Waals surface area contributed by atoms with Crippen LogP contribution in [0.15, 0.2) is 0 Å². The van der Waals surface area contributed by atoms with Crippen LogP contribution in [0.25, 0.3) is 0 Å². The summed E-state index contributed by atoms with van der Waals surface area (Å²) in [6.07, 6.45) is 0.966. The van der Waals surface area contributed by atoms with Gasteiger partial charge in [-0.1, -0.05) is 0 Å². The number of hydrogen-bond donors (Lipinski definition) is 5. The minimum atomic E-state index is -1.18. The Kier molecular flexibility index (Phi) is 8.55. The van der Waals surface area contributed by atoms with Crippen LogP contribution in [-0.4, -0.2) is 86.0 Å². The summed E-state index contributed by atoms with van der Waals surface area (Å²) in [5.74, 6) is -2.32. The predicted molar refractivity (Wildman–Crippen MR) is 82.9 cm³/mol. The molecule has 24 heavy (non-hydrogen) atoms. The number of hydrogen-bond acceptors (Lipinski definition) is 6. The molecule has 3 amide bonds. The second-order valence-electron chi connectivity index (χ2n) is 5.27. The molecule has 0 spiro atoms. The van der Waals surface area contributed by atoms with E-state index in [4.69, 9.17) is 15.6 Å². The number of aliphatic carboxylic acids is 1. The summed E-state index contributed by atoms with van der Waals surface area (Å²) in [5.41, 5.74) is 4.09. The van der Waals surface area contributed by atoms with Crippen molar-refractivity contribution in [1.82, 2.24) is 16.0 Å². The molecule has 0 saturated heterocycles. The zero-order valence-corrected chi connectivity index (χ0v) is 17.0. The van der Waals surface area contributed by atoms with E-state index in [2.05, 4.69) is 16.0 Å². The van der Waals surface area contributed by atoms with Gasteiger partial charge in [-0.15, -0.1) is 0 Å². The van der Waals surface area contributed by atoms with Crippen LogP contribution in [0.1, 0.15) is 19.3 Å². The first-order valence-electron chi connectivity index (χ1n) is 7.40. The Bertz CT molecular complexity index is 497. The number of nitrogens with two attached hydrogens (primary N) is 1. The number of carbonyl (C=O) groups is 4. The molecule has 0 bridgehead atoms. The van der Waals surface area contributed by atoms with Gasteiger partial charge in [0.15, 0.2) is 0 Å². The van der Waals surface area contributed by atoms with Crippen molar-refractivity contribution in [2.75, 3.05) is 19.8 Å². The van der Waals surface area contributed by atoms with Crippen molar-refractivity contribution < 1.29 is 29.0 Å². The molecule has 0 heterocycles. The Balaban J connectivity index is 2.25. The number of carboxylic acids is 1. The van der Waals surface area contributed by atoms with Crippen molar-refractivity contribution in [1.29, 1.82) is 0 Å². The summed E-state index contributed by atoms with van der Waals surface area (Å²) in [5, 5.41) is 16.3. The zero-order chi connectivity index (χ0) is 18.2. The number of nitrogens with one attached hydrogen (secondary N) is 3. The van der Waals surface area contributed by atoms with Crippen molar-refractivity contribution in [2.45, 2.75) is 34.9 Å². The molecule has 1 saturated carbocycles. The number of ether oxygens (including phenoxy) is 1. The average molecular weight is 537 g/mol. The summed E-state index contributed by atoms with van der Waals surface area (Å²) in [6, 6.07) is -0.679. The van der Waals surface area contributed by atoms with E-state index in [0.29, 0.717) is 42.6 Å². The summed E-state index contributed by atoms with van der Waals surface area (Å²) >= 11 is 0.702. The van der Waals surface area contributed by atoms with Gasteiger partial charge in [0.05, 0.1) is 0 Å². The molecule has 11 heteroatoms. The van der Waals surface area contributed by atoms with Crippen molar-refractivity contribution >= 4 is 49.5 Å². The van der Waals surface area contributed by atoms with Crippen molar-refractivity contribution in [2.24, 2.45) is 5.73 Å². The Labute approximate surface area is 154 Å². The van der Waals surface area contributed by atoms with E-state index in [1.54, 1.807) is 0 Å². The molecule has 1 rings (SSSR count). The Morgan fingerprint density at radius 3 is 2.38 bits per heavy atom. The third kappa shape index (κ3) is 6.69. The van der Waals surface area contributed by atoms with Crippen LogP contribution < -0.4 is 21.7 Å². The van der Waals surface area contributed by atoms with Gasteiger partial charge in [0.25, 0.3) is 0 Å². The van der Waals surface area contributed by atoms with Gasteiger partial charge >= 0.3 is 155 Å². The third-order valence-corrected chi connectivity index (χ3v) is 4.95. The molecule has 1 atom stereocenters. The summed E-state index contributed by atoms with van der Waals surface area (Å²) < 4.78 is 5.63. The molecule has 1 fully saturated rings. The molecule has 1 unspecified atom stereocenters. The molecule has 0 aliphatic heterocycles. The van der Waals surface area contributed by atoms with Crippen LogP contribution in [-0.2, 0) is 23.9 Å². The third-order valence-electron chi connectivity index (χ3n) is 3.36. The van der Waals surface area contributed by atoms with Crippen LogP contribution in [0.3, 0.4) is 0 Å². The van der Waals surface area contributed by atoms with Gasteiger partial charge in [0.2, 0.25) is 0 Å². The topological polar surface area (TPSA) is 160 Å². The average Bonchev–Trinajstić information content (AvgIpc) is 3.31. The first-order valence-corrected chi connectivity index (χ1v) is 10.2. The normalized spacial score (nSPS) is 15.9. The summed E-state index contributed by atoms with van der Waals surface area (Å²) in [7, 11) is 0. The second-order valence-corrected chi connectivity index (χ2v) is 6.86. The molecule has 1 aliphatic carbocycles. The standard InChI is InChI=1S/C13H21N4O6.Pb/c1-8(17-9(18)2-5-14)11(20)15-6-10(19)16-7-23-13(3-4-13)12(21)22;/h8H,1-7,14H2,(H,15,20)(H,16,19)(H,17,18)(H,21,22);. The quantitative estimate of drug-likeness (QED) is 0.141. The monoisotopic (exact) mass is 537 g/mol. The SMILES string of the molecule is NCCC(=O)NC([CH2][Pb])C(=O)NCC(=O)NCOC1(C(=O)O)CC1. The van der Waals surface area contributed by atoms with E-state index in [0.717, 1.165) is 0 Å². The molecule has 0 aromatic carbocycles. The van der Waals surface area contributed by atoms with Gasteiger partial charge in [-0.05, 0) is 0 Å². The van der Waals surface area contributed by atoms with Crippen LogP contribution >= 0.6 is 0 Å². The van der Waals surface area contributed by atoms with Crippen LogP contribution in [0.4, 0.5) is 0 Å². The summed E-state index contributed by atoms with van der Waals surface area (Å²) in [6.45, 7) is -0.326. The summed E-state index contributed by atoms with van der Waals surface area (Å²) in [4.78, 5) is 45.9. The molecule has 3 radical (unpaired) electrons. The van der Waals surface area contributed by atoms with Gasteiger partial charge in [-0.3, -0.25) is 0 Å². The van der Waals surface area contributed by atoms with Crippen molar-refractivity contribution in [3.05, 3.63) is 0 Å². The molecule has 0 aromatic rings. The number of carbonyl (C=O) groups excluding carboxylic acids is 3. The Hall–Kier alpha value is -1.28. The Morgan fingerprint density at radius 2 is 1.88 bits per heavy atom. The maximum atomic E-state index is 11.9. The van der Waals surface area contributed by atoms with Crippen LogP contribution in [0.2, 0.25) is 3.98 Å². The molecule has 0 aromatic heterocycles. The van der Waals surface area contributed by atoms with Crippen molar-refractivity contribution in [3.63, 3.8) is 0 Å². The van der Waals surface area contributed by atoms with E-state index < -0.39 is 29.4 Å². The fraction of sp³-hybridized carbons (Fsp3) is 0.692.